The van der Waals surface area contributed by atoms with Crippen molar-refractivity contribution in [3.05, 3.63) is 26.8 Å². The summed E-state index contributed by atoms with van der Waals surface area (Å²) in [4.78, 5) is 28.1. The lowest BCUT2D eigenvalue weighted by molar-refractivity contribution is -0.145. The summed E-state index contributed by atoms with van der Waals surface area (Å²) < 4.78 is 6.87. The number of esters is 1. The van der Waals surface area contributed by atoms with Crippen LogP contribution in [0.4, 0.5) is 0 Å². The molecule has 0 aliphatic carbocycles. The normalized spacial score (nSPS) is 12.8. The van der Waals surface area contributed by atoms with Crippen LogP contribution in [0.5, 0.6) is 0 Å². The highest BCUT2D eigenvalue weighted by Crippen LogP contribution is 2.23. The third-order valence-electron chi connectivity index (χ3n) is 2.98. The molecule has 0 saturated carbocycles. The van der Waals surface area contributed by atoms with Crippen LogP contribution in [0, 0.1) is 5.92 Å². The molecule has 0 bridgehead atoms. The first-order valence-electron chi connectivity index (χ1n) is 6.64. The van der Waals surface area contributed by atoms with E-state index in [-0.39, 0.29) is 11.8 Å². The van der Waals surface area contributed by atoms with Crippen molar-refractivity contribution in [2.45, 2.75) is 46.1 Å². The molecule has 6 heteroatoms. The molecule has 0 spiro atoms. The number of methoxy groups -OCH3 is 1. The summed E-state index contributed by atoms with van der Waals surface area (Å²) in [7, 11) is 1.33. The van der Waals surface area contributed by atoms with E-state index in [1.165, 1.54) is 11.7 Å². The average molecular weight is 345 g/mol. The summed E-state index contributed by atoms with van der Waals surface area (Å²) >= 11 is 3.41. The Morgan fingerprint density at radius 2 is 2.00 bits per heavy atom. The summed E-state index contributed by atoms with van der Waals surface area (Å²) in [6.07, 6.45) is 2.16. The second kappa shape index (κ2) is 7.02. The zero-order chi connectivity index (χ0) is 15.4. The van der Waals surface area contributed by atoms with E-state index in [0.717, 1.165) is 4.47 Å². The van der Waals surface area contributed by atoms with Crippen LogP contribution in [0.25, 0.3) is 0 Å². The van der Waals surface area contributed by atoms with Gasteiger partial charge in [-0.15, -0.1) is 0 Å². The van der Waals surface area contributed by atoms with Crippen LogP contribution >= 0.6 is 15.9 Å². The predicted octanol–water partition coefficient (Wildman–Crippen LogP) is 2.89. The van der Waals surface area contributed by atoms with E-state index < -0.39 is 17.7 Å². The van der Waals surface area contributed by atoms with Crippen LogP contribution in [0.2, 0.25) is 0 Å². The number of aromatic nitrogens is 2. The van der Waals surface area contributed by atoms with Gasteiger partial charge in [0, 0.05) is 6.20 Å². The zero-order valence-corrected chi connectivity index (χ0v) is 14.1. The fourth-order valence-electron chi connectivity index (χ4n) is 1.99. The molecule has 0 N–H and O–H groups in total. The van der Waals surface area contributed by atoms with Crippen LogP contribution in [-0.4, -0.2) is 22.6 Å². The smallest absolute Gasteiger partial charge is 0.348 e. The summed E-state index contributed by atoms with van der Waals surface area (Å²) in [6.45, 7) is 7.91. The van der Waals surface area contributed by atoms with Gasteiger partial charge in [-0.2, -0.15) is 4.98 Å². The third kappa shape index (κ3) is 3.91. The molecule has 20 heavy (non-hydrogen) atoms. The number of carbonyl (C=O) groups excluding carboxylic acids is 1. The predicted molar refractivity (Wildman–Crippen MR) is 80.8 cm³/mol. The largest absolute Gasteiger partial charge is 0.467 e. The fraction of sp³-hybridized carbons (Fsp3) is 0.643. The van der Waals surface area contributed by atoms with Crippen molar-refractivity contribution in [1.82, 2.24) is 9.55 Å². The number of hydrogen-bond acceptors (Lipinski definition) is 4. The van der Waals surface area contributed by atoms with Crippen molar-refractivity contribution >= 4 is 21.9 Å². The number of halogens is 1. The highest BCUT2D eigenvalue weighted by atomic mass is 79.9. The van der Waals surface area contributed by atoms with Crippen LogP contribution in [0.1, 0.15) is 51.8 Å². The molecule has 0 saturated heterocycles. The minimum absolute atomic E-state index is 0.133. The van der Waals surface area contributed by atoms with Gasteiger partial charge in [0.05, 0.1) is 17.3 Å². The molecule has 1 unspecified atom stereocenters. The maximum absolute atomic E-state index is 12.2. The van der Waals surface area contributed by atoms with E-state index >= 15 is 0 Å². The third-order valence-corrected chi connectivity index (χ3v) is 3.60. The first-order valence-corrected chi connectivity index (χ1v) is 7.43. The number of hydrogen-bond donors (Lipinski definition) is 0. The maximum Gasteiger partial charge on any atom is 0.348 e. The summed E-state index contributed by atoms with van der Waals surface area (Å²) in [6, 6.07) is -0.641. The molecule has 0 aromatic carbocycles. The van der Waals surface area contributed by atoms with Crippen molar-refractivity contribution < 1.29 is 9.53 Å². The lowest BCUT2D eigenvalue weighted by atomic mass is 10.0. The molecule has 1 aromatic rings. The van der Waals surface area contributed by atoms with Crippen molar-refractivity contribution in [3.63, 3.8) is 0 Å². The summed E-state index contributed by atoms with van der Waals surface area (Å²) in [5, 5.41) is 0. The van der Waals surface area contributed by atoms with Gasteiger partial charge in [0.1, 0.15) is 6.04 Å². The molecule has 0 amide bonds. The van der Waals surface area contributed by atoms with Gasteiger partial charge < -0.3 is 4.74 Å². The molecule has 1 heterocycles. The summed E-state index contributed by atoms with van der Waals surface area (Å²) in [5.41, 5.74) is 0.271. The zero-order valence-electron chi connectivity index (χ0n) is 12.5. The fourth-order valence-corrected chi connectivity index (χ4v) is 2.76. The molecular formula is C14H21BrN2O3. The van der Waals surface area contributed by atoms with Crippen molar-refractivity contribution in [2.24, 2.45) is 5.92 Å². The minimum atomic E-state index is -0.641. The van der Waals surface area contributed by atoms with Crippen molar-refractivity contribution in [2.75, 3.05) is 7.11 Å². The Hall–Kier alpha value is -1.17. The lowest BCUT2D eigenvalue weighted by Gasteiger charge is -2.20. The van der Waals surface area contributed by atoms with Crippen molar-refractivity contribution in [1.29, 1.82) is 0 Å². The second-order valence-electron chi connectivity index (χ2n) is 5.49. The Labute approximate surface area is 127 Å². The van der Waals surface area contributed by atoms with Gasteiger partial charge in [-0.3, -0.25) is 4.57 Å². The van der Waals surface area contributed by atoms with Gasteiger partial charge in [-0.05, 0) is 34.2 Å². The highest BCUT2D eigenvalue weighted by Gasteiger charge is 2.25. The van der Waals surface area contributed by atoms with Gasteiger partial charge in [-0.1, -0.05) is 27.7 Å². The van der Waals surface area contributed by atoms with Crippen LogP contribution in [-0.2, 0) is 9.53 Å². The number of carbonyl (C=O) groups is 1. The molecule has 1 aromatic heterocycles. The Morgan fingerprint density at radius 1 is 1.40 bits per heavy atom. The van der Waals surface area contributed by atoms with E-state index in [2.05, 4.69) is 20.9 Å². The monoisotopic (exact) mass is 344 g/mol. The Bertz CT molecular complexity index is 538. The van der Waals surface area contributed by atoms with Gasteiger partial charge >= 0.3 is 11.7 Å². The number of ether oxygens (including phenoxy) is 1. The average Bonchev–Trinajstić information content (AvgIpc) is 2.37. The van der Waals surface area contributed by atoms with Crippen LogP contribution < -0.4 is 5.69 Å². The van der Waals surface area contributed by atoms with Gasteiger partial charge in [-0.25, -0.2) is 9.59 Å². The van der Waals surface area contributed by atoms with E-state index in [1.54, 1.807) is 6.20 Å². The van der Waals surface area contributed by atoms with E-state index in [1.807, 2.05) is 27.7 Å². The van der Waals surface area contributed by atoms with Gasteiger partial charge in [0.15, 0.2) is 0 Å². The van der Waals surface area contributed by atoms with Crippen LogP contribution in [0.3, 0.4) is 0 Å². The van der Waals surface area contributed by atoms with E-state index in [9.17, 15) is 9.59 Å². The Kier molecular flexibility index (Phi) is 5.92. The lowest BCUT2D eigenvalue weighted by Crippen LogP contribution is -2.33. The molecular weight excluding hydrogens is 324 g/mol. The molecule has 112 valence electrons. The Balaban J connectivity index is 3.31. The number of nitrogens with zero attached hydrogens (tertiary/aromatic N) is 2. The molecule has 0 aliphatic heterocycles. The van der Waals surface area contributed by atoms with Crippen molar-refractivity contribution in [3.8, 4) is 0 Å². The minimum Gasteiger partial charge on any atom is -0.467 e. The molecule has 1 atom stereocenters. The first-order chi connectivity index (χ1) is 9.27. The standard InChI is InChI=1S/C14H21BrN2O3/c1-8(2)6-11(13(18)20-5)17-7-10(15)12(9(3)4)16-14(17)19/h7-9,11H,6H2,1-5H3. The Morgan fingerprint density at radius 3 is 2.45 bits per heavy atom. The molecule has 1 rings (SSSR count). The second-order valence-corrected chi connectivity index (χ2v) is 6.34. The van der Waals surface area contributed by atoms with Crippen LogP contribution in [0.15, 0.2) is 15.5 Å². The topological polar surface area (TPSA) is 61.2 Å². The van der Waals surface area contributed by atoms with Gasteiger partial charge in [0.2, 0.25) is 0 Å². The maximum atomic E-state index is 12.2. The first kappa shape index (κ1) is 16.9. The highest BCUT2D eigenvalue weighted by molar-refractivity contribution is 9.10. The molecule has 0 fully saturated rings. The SMILES string of the molecule is COC(=O)C(CC(C)C)n1cc(Br)c(C(C)C)nc1=O. The molecule has 0 radical (unpaired) electrons. The van der Waals surface area contributed by atoms with Gasteiger partial charge in [0.25, 0.3) is 0 Å². The quantitative estimate of drug-likeness (QED) is 0.770. The summed E-state index contributed by atoms with van der Waals surface area (Å²) in [5.74, 6) is -0.0326. The van der Waals surface area contributed by atoms with E-state index in [4.69, 9.17) is 4.74 Å². The molecule has 5 nitrogen and oxygen atoms in total. The van der Waals surface area contributed by atoms with E-state index in [0.29, 0.717) is 12.1 Å². The number of rotatable bonds is 5. The molecule has 0 aliphatic rings.